The smallest absolute Gasteiger partial charge is 0.129 e. The maximum atomic E-state index is 14.2. The Bertz CT molecular complexity index is 1430. The fourth-order valence-electron chi connectivity index (χ4n) is 7.08. The zero-order valence-corrected chi connectivity index (χ0v) is 27.3. The third-order valence-electron chi connectivity index (χ3n) is 9.56. The largest absolute Gasteiger partial charge is 0.489 e. The van der Waals surface area contributed by atoms with E-state index in [4.69, 9.17) is 14.2 Å². The molecular formula is C37H45F2NO4S. The summed E-state index contributed by atoms with van der Waals surface area (Å²) in [6.07, 6.45) is 5.94. The van der Waals surface area contributed by atoms with E-state index >= 15 is 0 Å². The molecule has 0 bridgehead atoms. The predicted octanol–water partition coefficient (Wildman–Crippen LogP) is 7.95. The van der Waals surface area contributed by atoms with Crippen LogP contribution >= 0.6 is 11.8 Å². The first kappa shape index (κ1) is 32.5. The van der Waals surface area contributed by atoms with Crippen LogP contribution in [0.3, 0.4) is 0 Å². The lowest BCUT2D eigenvalue weighted by Gasteiger charge is -2.35. The molecule has 45 heavy (non-hydrogen) atoms. The molecule has 0 radical (unpaired) electrons. The van der Waals surface area contributed by atoms with Gasteiger partial charge in [0.15, 0.2) is 0 Å². The van der Waals surface area contributed by atoms with E-state index in [-0.39, 0.29) is 29.8 Å². The minimum Gasteiger partial charge on any atom is -0.489 e. The quantitative estimate of drug-likeness (QED) is 0.257. The lowest BCUT2D eigenvalue weighted by atomic mass is 9.89. The molecule has 3 aromatic rings. The molecule has 6 atom stereocenters. The van der Waals surface area contributed by atoms with Gasteiger partial charge in [0.2, 0.25) is 0 Å². The Morgan fingerprint density at radius 3 is 2.53 bits per heavy atom. The summed E-state index contributed by atoms with van der Waals surface area (Å²) >= 11 is 1.66. The Morgan fingerprint density at radius 1 is 0.978 bits per heavy atom. The molecule has 6 rings (SSSR count). The molecule has 3 aliphatic heterocycles. The summed E-state index contributed by atoms with van der Waals surface area (Å²) in [6, 6.07) is 19.0. The van der Waals surface area contributed by atoms with Crippen LogP contribution in [0.15, 0.2) is 60.7 Å². The summed E-state index contributed by atoms with van der Waals surface area (Å²) in [4.78, 5) is 2.41. The molecule has 0 spiro atoms. The molecule has 0 aliphatic carbocycles. The van der Waals surface area contributed by atoms with Crippen LogP contribution in [-0.4, -0.2) is 59.6 Å². The van der Waals surface area contributed by atoms with Crippen LogP contribution in [0.4, 0.5) is 8.78 Å². The molecule has 242 valence electrons. The molecule has 3 heterocycles. The first-order valence-electron chi connectivity index (χ1n) is 16.3. The lowest BCUT2D eigenvalue weighted by Crippen LogP contribution is -2.41. The van der Waals surface area contributed by atoms with Crippen molar-refractivity contribution in [1.29, 1.82) is 0 Å². The van der Waals surface area contributed by atoms with E-state index < -0.39 is 17.7 Å². The first-order chi connectivity index (χ1) is 21.7. The highest BCUT2D eigenvalue weighted by Gasteiger charge is 2.34. The van der Waals surface area contributed by atoms with E-state index in [0.29, 0.717) is 37.4 Å². The van der Waals surface area contributed by atoms with Gasteiger partial charge in [0.25, 0.3) is 0 Å². The number of nitrogens with zero attached hydrogens (tertiary/aromatic N) is 1. The Hall–Kier alpha value is -2.49. The van der Waals surface area contributed by atoms with Gasteiger partial charge in [-0.3, -0.25) is 4.90 Å². The predicted molar refractivity (Wildman–Crippen MR) is 175 cm³/mol. The number of benzene rings is 3. The monoisotopic (exact) mass is 637 g/mol. The zero-order valence-electron chi connectivity index (χ0n) is 26.5. The number of ether oxygens (including phenoxy) is 3. The molecule has 5 nitrogen and oxygen atoms in total. The Balaban J connectivity index is 1.03. The van der Waals surface area contributed by atoms with E-state index in [2.05, 4.69) is 61.2 Å². The number of likely N-dealkylation sites (tertiary alicyclic amines) is 1. The molecule has 3 fully saturated rings. The van der Waals surface area contributed by atoms with Crippen LogP contribution in [0.5, 0.6) is 5.75 Å². The third kappa shape index (κ3) is 7.91. The van der Waals surface area contributed by atoms with E-state index in [1.807, 2.05) is 6.26 Å². The number of hydrogen-bond acceptors (Lipinski definition) is 6. The summed E-state index contributed by atoms with van der Waals surface area (Å²) in [6.45, 7) is 6.73. The Labute approximate surface area is 270 Å². The summed E-state index contributed by atoms with van der Waals surface area (Å²) in [5.74, 6) is 0.433. The average molecular weight is 638 g/mol. The van der Waals surface area contributed by atoms with Crippen molar-refractivity contribution >= 4 is 11.8 Å². The van der Waals surface area contributed by atoms with Crippen molar-refractivity contribution in [2.24, 2.45) is 0 Å². The Kier molecular flexibility index (Phi) is 10.5. The maximum Gasteiger partial charge on any atom is 0.129 e. The lowest BCUT2D eigenvalue weighted by molar-refractivity contribution is -0.0605. The van der Waals surface area contributed by atoms with Gasteiger partial charge in [-0.15, -0.1) is 11.8 Å². The zero-order chi connectivity index (χ0) is 31.5. The molecule has 3 aliphatic rings. The van der Waals surface area contributed by atoms with Crippen molar-refractivity contribution < 1.29 is 28.1 Å². The van der Waals surface area contributed by atoms with Crippen molar-refractivity contribution in [2.75, 3.05) is 26.0 Å². The molecule has 0 saturated carbocycles. The average Bonchev–Trinajstić information content (AvgIpc) is 3.51. The number of aliphatic hydroxyl groups excluding tert-OH is 1. The molecule has 8 heteroatoms. The van der Waals surface area contributed by atoms with Crippen molar-refractivity contribution in [3.8, 4) is 5.75 Å². The van der Waals surface area contributed by atoms with Crippen LogP contribution in [0.2, 0.25) is 0 Å². The van der Waals surface area contributed by atoms with E-state index in [9.17, 15) is 13.9 Å². The standard InChI is InChI=1S/C37H45F2NO4S/c1-23(2)32-11-6-25(36-19-29(41)20-37(44-36)45-3)17-26(32)16-24-4-9-30(10-5-24)43-31-14-15-40(21-31)28-8-13-35(42-22-28)33-18-27(38)7-12-34(33)39/h4-7,9-12,17-18,23,28-29,31,35-37,41H,8,13-16,19-22H2,1-3H3/t28-,29?,31?,35?,36?,37?/m1/s1. The fraction of sp³-hybridized carbons (Fsp3) is 0.514. The van der Waals surface area contributed by atoms with Gasteiger partial charge in [-0.05, 0) is 90.4 Å². The minimum atomic E-state index is -0.435. The van der Waals surface area contributed by atoms with Crippen molar-refractivity contribution in [3.63, 3.8) is 0 Å². The number of thioether (sulfide) groups is 1. The van der Waals surface area contributed by atoms with Crippen LogP contribution < -0.4 is 4.74 Å². The maximum absolute atomic E-state index is 14.2. The summed E-state index contributed by atoms with van der Waals surface area (Å²) in [5, 5.41) is 10.4. The SMILES string of the molecule is CSC1CC(O)CC(c2ccc(C(C)C)c(Cc3ccc(OC4CCN([C@@H]5CCC(c6cc(F)ccc6F)OC5)C4)cc3)c2)O1. The fourth-order valence-corrected chi connectivity index (χ4v) is 7.74. The van der Waals surface area contributed by atoms with Gasteiger partial charge in [0.1, 0.15) is 28.9 Å². The molecule has 0 amide bonds. The molecular weight excluding hydrogens is 592 g/mol. The summed E-state index contributed by atoms with van der Waals surface area (Å²) in [7, 11) is 0. The molecule has 5 unspecified atom stereocenters. The second kappa shape index (κ2) is 14.5. The number of hydrogen-bond donors (Lipinski definition) is 1. The minimum absolute atomic E-state index is 0.0209. The highest BCUT2D eigenvalue weighted by atomic mass is 32.2. The Morgan fingerprint density at radius 2 is 1.80 bits per heavy atom. The van der Waals surface area contributed by atoms with E-state index in [0.717, 1.165) is 49.7 Å². The van der Waals surface area contributed by atoms with Crippen LogP contribution in [0.25, 0.3) is 0 Å². The highest BCUT2D eigenvalue weighted by Crippen LogP contribution is 2.37. The van der Waals surface area contributed by atoms with Gasteiger partial charge in [-0.2, -0.15) is 0 Å². The van der Waals surface area contributed by atoms with Gasteiger partial charge in [0, 0.05) is 37.5 Å². The van der Waals surface area contributed by atoms with Gasteiger partial charge in [-0.25, -0.2) is 8.78 Å². The number of aliphatic hydroxyl groups is 1. The van der Waals surface area contributed by atoms with E-state index in [1.54, 1.807) is 11.8 Å². The van der Waals surface area contributed by atoms with Gasteiger partial charge < -0.3 is 19.3 Å². The van der Waals surface area contributed by atoms with Crippen molar-refractivity contribution in [3.05, 3.63) is 100 Å². The normalized spacial score (nSPS) is 27.6. The van der Waals surface area contributed by atoms with Crippen LogP contribution in [-0.2, 0) is 15.9 Å². The number of halogens is 2. The molecule has 3 aromatic carbocycles. The topological polar surface area (TPSA) is 51.2 Å². The second-order valence-electron chi connectivity index (χ2n) is 13.1. The van der Waals surface area contributed by atoms with Gasteiger partial charge >= 0.3 is 0 Å². The third-order valence-corrected chi connectivity index (χ3v) is 10.4. The van der Waals surface area contributed by atoms with Gasteiger partial charge in [0.05, 0.1) is 24.9 Å². The molecule has 1 N–H and O–H groups in total. The van der Waals surface area contributed by atoms with Crippen molar-refractivity contribution in [1.82, 2.24) is 4.90 Å². The van der Waals surface area contributed by atoms with Crippen LogP contribution in [0, 0.1) is 11.6 Å². The second-order valence-corrected chi connectivity index (χ2v) is 14.1. The van der Waals surface area contributed by atoms with Crippen LogP contribution in [0.1, 0.15) is 91.9 Å². The van der Waals surface area contributed by atoms with Gasteiger partial charge in [-0.1, -0.05) is 44.2 Å². The van der Waals surface area contributed by atoms with E-state index in [1.165, 1.54) is 28.8 Å². The summed E-state index contributed by atoms with van der Waals surface area (Å²) < 4.78 is 46.6. The first-order valence-corrected chi connectivity index (χ1v) is 17.6. The number of rotatable bonds is 9. The highest BCUT2D eigenvalue weighted by molar-refractivity contribution is 7.99. The summed E-state index contributed by atoms with van der Waals surface area (Å²) in [5.41, 5.74) is 5.33. The molecule has 0 aromatic heterocycles. The molecule has 3 saturated heterocycles. The van der Waals surface area contributed by atoms with Crippen molar-refractivity contribution in [2.45, 2.75) is 94.2 Å².